The number of carbonyl (C=O) groups excluding carboxylic acids is 2. The molecule has 21 heavy (non-hydrogen) atoms. The van der Waals surface area contributed by atoms with Crippen LogP contribution in [0.15, 0.2) is 42.5 Å². The van der Waals surface area contributed by atoms with Gasteiger partial charge in [-0.05, 0) is 24.8 Å². The lowest BCUT2D eigenvalue weighted by molar-refractivity contribution is -0.146. The molecule has 0 radical (unpaired) electrons. The number of ether oxygens (including phenoxy) is 2. The summed E-state index contributed by atoms with van der Waals surface area (Å²) >= 11 is 0. The second-order valence-electron chi connectivity index (χ2n) is 5.13. The molecule has 0 amide bonds. The van der Waals surface area contributed by atoms with Gasteiger partial charge in [-0.15, -0.1) is 0 Å². The average Bonchev–Trinajstić information content (AvgIpc) is 2.54. The zero-order valence-corrected chi connectivity index (χ0v) is 12.2. The molecule has 0 spiro atoms. The first-order valence-corrected chi connectivity index (χ1v) is 7.22. The van der Waals surface area contributed by atoms with E-state index in [1.54, 1.807) is 0 Å². The smallest absolute Gasteiger partial charge is 0.331 e. The quantitative estimate of drug-likeness (QED) is 0.631. The van der Waals surface area contributed by atoms with E-state index in [0.29, 0.717) is 0 Å². The molecule has 1 unspecified atom stereocenters. The molecule has 4 nitrogen and oxygen atoms in total. The van der Waals surface area contributed by atoms with Crippen molar-refractivity contribution in [2.45, 2.75) is 37.7 Å². The van der Waals surface area contributed by atoms with Gasteiger partial charge in [0, 0.05) is 18.1 Å². The van der Waals surface area contributed by atoms with Gasteiger partial charge < -0.3 is 9.47 Å². The van der Waals surface area contributed by atoms with Crippen LogP contribution in [0.25, 0.3) is 0 Å². The minimum absolute atomic E-state index is 0.129. The van der Waals surface area contributed by atoms with Crippen molar-refractivity contribution in [1.82, 2.24) is 0 Å². The molecule has 1 aliphatic carbocycles. The van der Waals surface area contributed by atoms with Crippen LogP contribution in [0.1, 0.15) is 37.2 Å². The lowest BCUT2D eigenvalue weighted by Crippen LogP contribution is -2.28. The Balaban J connectivity index is 2.01. The Morgan fingerprint density at radius 3 is 2.43 bits per heavy atom. The van der Waals surface area contributed by atoms with Gasteiger partial charge in [-0.2, -0.15) is 0 Å². The van der Waals surface area contributed by atoms with Crippen LogP contribution < -0.4 is 0 Å². The lowest BCUT2D eigenvalue weighted by atomic mass is 9.81. The molecule has 0 aliphatic heterocycles. The second kappa shape index (κ2) is 7.62. The highest BCUT2D eigenvalue weighted by Gasteiger charge is 2.28. The second-order valence-corrected chi connectivity index (χ2v) is 5.13. The van der Waals surface area contributed by atoms with Crippen LogP contribution in [0.5, 0.6) is 0 Å². The van der Waals surface area contributed by atoms with Crippen LogP contribution in [-0.2, 0) is 19.1 Å². The minimum atomic E-state index is -0.560. The van der Waals surface area contributed by atoms with Crippen molar-refractivity contribution in [2.75, 3.05) is 7.11 Å². The van der Waals surface area contributed by atoms with Crippen LogP contribution in [0.2, 0.25) is 0 Å². The van der Waals surface area contributed by atoms with Crippen LogP contribution in [-0.4, -0.2) is 25.2 Å². The normalized spacial score (nSPS) is 22.0. The van der Waals surface area contributed by atoms with Crippen LogP contribution in [0.3, 0.4) is 0 Å². The Bertz CT molecular complexity index is 507. The molecule has 0 aromatic heterocycles. The molecule has 4 heteroatoms. The highest BCUT2D eigenvalue weighted by molar-refractivity contribution is 5.91. The minimum Gasteiger partial charge on any atom is -0.466 e. The van der Waals surface area contributed by atoms with Crippen molar-refractivity contribution in [3.05, 3.63) is 48.0 Å². The summed E-state index contributed by atoms with van der Waals surface area (Å²) in [7, 11) is 1.27. The molecule has 112 valence electrons. The van der Waals surface area contributed by atoms with Crippen LogP contribution in [0, 0.1) is 0 Å². The molecular formula is C17H20O4. The predicted octanol–water partition coefficient (Wildman–Crippen LogP) is 2.99. The molecule has 0 heterocycles. The Hall–Kier alpha value is -2.10. The van der Waals surface area contributed by atoms with Crippen molar-refractivity contribution < 1.29 is 19.1 Å². The third kappa shape index (κ3) is 4.45. The fourth-order valence-electron chi connectivity index (χ4n) is 2.71. The maximum Gasteiger partial charge on any atom is 0.331 e. The fraction of sp³-hybridized carbons (Fsp3) is 0.412. The van der Waals surface area contributed by atoms with E-state index < -0.39 is 11.9 Å². The van der Waals surface area contributed by atoms with Crippen molar-refractivity contribution in [3.8, 4) is 0 Å². The van der Waals surface area contributed by atoms with Gasteiger partial charge in [-0.25, -0.2) is 9.59 Å². The van der Waals surface area contributed by atoms with E-state index in [4.69, 9.17) is 4.74 Å². The van der Waals surface area contributed by atoms with Gasteiger partial charge in [-0.1, -0.05) is 36.8 Å². The van der Waals surface area contributed by atoms with E-state index in [-0.39, 0.29) is 12.0 Å². The summed E-state index contributed by atoms with van der Waals surface area (Å²) in [6.07, 6.45) is 6.16. The summed E-state index contributed by atoms with van der Waals surface area (Å²) < 4.78 is 9.97. The van der Waals surface area contributed by atoms with E-state index in [2.05, 4.69) is 16.9 Å². The summed E-state index contributed by atoms with van der Waals surface area (Å²) in [4.78, 5) is 22.8. The van der Waals surface area contributed by atoms with Gasteiger partial charge in [0.1, 0.15) is 6.10 Å². The Morgan fingerprint density at radius 1 is 1.05 bits per heavy atom. The van der Waals surface area contributed by atoms with E-state index in [1.165, 1.54) is 12.7 Å². The Morgan fingerprint density at radius 2 is 1.71 bits per heavy atom. The zero-order valence-electron chi connectivity index (χ0n) is 12.2. The first-order chi connectivity index (χ1) is 10.2. The maximum absolute atomic E-state index is 11.8. The van der Waals surface area contributed by atoms with Gasteiger partial charge in [0.05, 0.1) is 7.11 Å². The van der Waals surface area contributed by atoms with Gasteiger partial charge in [-0.3, -0.25) is 0 Å². The summed E-state index contributed by atoms with van der Waals surface area (Å²) in [6.45, 7) is 0. The van der Waals surface area contributed by atoms with Crippen molar-refractivity contribution in [2.24, 2.45) is 0 Å². The van der Waals surface area contributed by atoms with Crippen LogP contribution >= 0.6 is 0 Å². The lowest BCUT2D eigenvalue weighted by Gasteiger charge is -2.31. The monoisotopic (exact) mass is 288 g/mol. The molecular weight excluding hydrogens is 268 g/mol. The van der Waals surface area contributed by atoms with E-state index in [9.17, 15) is 9.59 Å². The van der Waals surface area contributed by atoms with E-state index >= 15 is 0 Å². The largest absolute Gasteiger partial charge is 0.466 e. The van der Waals surface area contributed by atoms with Crippen molar-refractivity contribution in [1.29, 1.82) is 0 Å². The Labute approximate surface area is 124 Å². The topological polar surface area (TPSA) is 52.6 Å². The molecule has 1 aliphatic rings. The molecule has 1 aromatic rings. The molecule has 0 bridgehead atoms. The summed E-state index contributed by atoms with van der Waals surface area (Å²) in [6, 6.07) is 10.1. The molecule has 1 aromatic carbocycles. The number of carbonyl (C=O) groups is 2. The average molecular weight is 288 g/mol. The maximum atomic E-state index is 11.8. The predicted molar refractivity (Wildman–Crippen MR) is 78.7 cm³/mol. The highest BCUT2D eigenvalue weighted by atomic mass is 16.5. The first-order valence-electron chi connectivity index (χ1n) is 7.22. The van der Waals surface area contributed by atoms with Crippen molar-refractivity contribution in [3.63, 3.8) is 0 Å². The van der Waals surface area contributed by atoms with Crippen LogP contribution in [0.4, 0.5) is 0 Å². The number of hydrogen-bond donors (Lipinski definition) is 0. The molecule has 2 atom stereocenters. The zero-order chi connectivity index (χ0) is 15.1. The summed E-state index contributed by atoms with van der Waals surface area (Å²) in [5, 5.41) is 0. The molecule has 0 N–H and O–H groups in total. The Kier molecular flexibility index (Phi) is 5.55. The third-order valence-electron chi connectivity index (χ3n) is 3.75. The van der Waals surface area contributed by atoms with Crippen molar-refractivity contribution >= 4 is 11.9 Å². The third-order valence-corrected chi connectivity index (χ3v) is 3.75. The van der Waals surface area contributed by atoms with Gasteiger partial charge in [0.25, 0.3) is 0 Å². The summed E-state index contributed by atoms with van der Waals surface area (Å²) in [5.74, 6) is -0.820. The number of benzene rings is 1. The summed E-state index contributed by atoms with van der Waals surface area (Å²) in [5.41, 5.74) is 1.20. The van der Waals surface area contributed by atoms with Gasteiger partial charge >= 0.3 is 11.9 Å². The molecule has 0 saturated heterocycles. The number of esters is 2. The van der Waals surface area contributed by atoms with E-state index in [0.717, 1.165) is 37.8 Å². The SMILES string of the molecule is COC(=O)/C=C/C(=O)OC1CCCC[C@H]1c1ccccc1. The van der Waals surface area contributed by atoms with Gasteiger partial charge in [0.2, 0.25) is 0 Å². The number of hydrogen-bond acceptors (Lipinski definition) is 4. The highest BCUT2D eigenvalue weighted by Crippen LogP contribution is 2.34. The molecule has 1 saturated carbocycles. The van der Waals surface area contributed by atoms with E-state index in [1.807, 2.05) is 18.2 Å². The first kappa shape index (κ1) is 15.3. The fourth-order valence-corrected chi connectivity index (χ4v) is 2.71. The number of methoxy groups -OCH3 is 1. The molecule has 2 rings (SSSR count). The standard InChI is InChI=1S/C17H20O4/c1-20-16(18)11-12-17(19)21-15-10-6-5-9-14(15)13-7-3-2-4-8-13/h2-4,7-8,11-12,14-15H,5-6,9-10H2,1H3/b12-11+/t14-,15?/m0/s1. The number of rotatable bonds is 4. The molecule has 1 fully saturated rings. The van der Waals surface area contributed by atoms with Gasteiger partial charge in [0.15, 0.2) is 0 Å².